The van der Waals surface area contributed by atoms with E-state index >= 15 is 4.79 Å². The molecule has 0 spiro atoms. The van der Waals surface area contributed by atoms with Crippen LogP contribution >= 0.6 is 0 Å². The molecule has 3 aromatic heterocycles. The van der Waals surface area contributed by atoms with E-state index in [1.165, 1.54) is 36.1 Å². The summed E-state index contributed by atoms with van der Waals surface area (Å²) >= 11 is 0. The standard InChI is InChI=1S/C80H98N4O5/c1-45(85)88-80(89-46(2)86)70-68(50-39-57(78(21,22)23)44-58(40-50)79(24,25)26)64-32-30-62(83-64)66(48-35-53(74(9,10)11)42-54(36-48)75(12,13)14)60-28-27-59(81-60)65(47-33-51(72(3,4)5)41-52(34-47)73(6,7)8)61-29-31-63(82-61)67(69(84-70)71(80)87)49-37-55(76(15,16)17)43-56(38-49)77(18,19)20/h27-44,82-83H,1-26H3. The average molecular weight is 1200 g/mol. The smallest absolute Gasteiger partial charge is 0.368 e. The van der Waals surface area contributed by atoms with Gasteiger partial charge in [-0.1, -0.05) is 239 Å². The minimum atomic E-state index is -2.71. The van der Waals surface area contributed by atoms with E-state index in [4.69, 9.17) is 19.4 Å². The lowest BCUT2D eigenvalue weighted by atomic mass is 9.78. The van der Waals surface area contributed by atoms with Gasteiger partial charge in [0, 0.05) is 58.2 Å². The molecule has 0 unspecified atom stereocenters. The number of nitrogens with zero attached hydrogens (tertiary/aromatic N) is 2. The molecule has 8 bridgehead atoms. The summed E-state index contributed by atoms with van der Waals surface area (Å²) in [5.74, 6) is -5.20. The van der Waals surface area contributed by atoms with Gasteiger partial charge in [0.2, 0.25) is 0 Å². The first kappa shape index (κ1) is 65.8. The number of rotatable bonds is 6. The second kappa shape index (κ2) is 22.1. The molecule has 0 aliphatic carbocycles. The van der Waals surface area contributed by atoms with Gasteiger partial charge in [-0.3, -0.25) is 14.4 Å². The number of hydrogen-bond acceptors (Lipinski definition) is 7. The Morgan fingerprint density at radius 2 is 0.584 bits per heavy atom. The summed E-state index contributed by atoms with van der Waals surface area (Å²) in [4.78, 5) is 64.4. The number of aromatic nitrogens is 4. The molecule has 9 rings (SSSR count). The summed E-state index contributed by atoms with van der Waals surface area (Å²) < 4.78 is 12.9. The molecule has 0 fully saturated rings. The molecular formula is C80H98N4O5. The van der Waals surface area contributed by atoms with Crippen LogP contribution in [0.1, 0.15) is 252 Å². The maximum Gasteiger partial charge on any atom is 0.368 e. The van der Waals surface area contributed by atoms with Crippen LogP contribution in [-0.2, 0) is 68.2 Å². The molecule has 0 radical (unpaired) electrons. The van der Waals surface area contributed by atoms with Gasteiger partial charge < -0.3 is 19.4 Å². The van der Waals surface area contributed by atoms with Crippen LogP contribution in [0, 0.1) is 0 Å². The van der Waals surface area contributed by atoms with Crippen molar-refractivity contribution < 1.29 is 23.9 Å². The highest BCUT2D eigenvalue weighted by atomic mass is 16.7. The van der Waals surface area contributed by atoms with Crippen molar-refractivity contribution >= 4 is 51.9 Å². The predicted molar refractivity (Wildman–Crippen MR) is 371 cm³/mol. The zero-order valence-electron chi connectivity index (χ0n) is 58.3. The van der Waals surface area contributed by atoms with Crippen molar-refractivity contribution in [2.24, 2.45) is 0 Å². The summed E-state index contributed by atoms with van der Waals surface area (Å²) in [5.41, 5.74) is 16.4. The molecule has 2 N–H and O–H groups in total. The third-order valence-electron chi connectivity index (χ3n) is 17.5. The van der Waals surface area contributed by atoms with Crippen LogP contribution < -0.4 is 0 Å². The summed E-state index contributed by atoms with van der Waals surface area (Å²) in [6, 6.07) is 35.0. The van der Waals surface area contributed by atoms with Crippen LogP contribution in [0.5, 0.6) is 0 Å². The number of carbonyl (C=O) groups excluding carboxylic acids is 3. The number of fused-ring (bicyclic) bond motifs is 8. The van der Waals surface area contributed by atoms with Crippen molar-refractivity contribution in [2.45, 2.75) is 229 Å². The van der Waals surface area contributed by atoms with E-state index in [0.717, 1.165) is 66.9 Å². The minimum absolute atomic E-state index is 0.0532. The van der Waals surface area contributed by atoms with Gasteiger partial charge in [0.05, 0.1) is 11.4 Å². The van der Waals surface area contributed by atoms with Gasteiger partial charge in [0.15, 0.2) is 0 Å². The number of esters is 2. The number of aromatic amines is 2. The molecule has 0 saturated carbocycles. The first-order valence-corrected chi connectivity index (χ1v) is 31.7. The van der Waals surface area contributed by atoms with Crippen LogP contribution in [0.25, 0.3) is 78.7 Å². The minimum Gasteiger partial charge on any atom is -0.409 e. The molecule has 0 atom stereocenters. The van der Waals surface area contributed by atoms with Crippen LogP contribution in [0.4, 0.5) is 0 Å². The number of Topliss-reactive ketones (excluding diaryl/α,β-unsaturated/α-hetero) is 1. The number of ketones is 1. The number of carbonyl (C=O) groups is 3. The Balaban J connectivity index is 1.67. The maximum atomic E-state index is 16.8. The van der Waals surface area contributed by atoms with Crippen molar-refractivity contribution in [3.63, 3.8) is 0 Å². The molecule has 7 aromatic rings. The van der Waals surface area contributed by atoms with Crippen molar-refractivity contribution in [1.29, 1.82) is 0 Å². The second-order valence-corrected chi connectivity index (χ2v) is 33.4. The normalized spacial score (nSPS) is 14.3. The molecule has 2 aliphatic rings. The Hall–Kier alpha value is -7.65. The molecule has 9 nitrogen and oxygen atoms in total. The van der Waals surface area contributed by atoms with Crippen molar-refractivity contribution in [1.82, 2.24) is 19.9 Å². The van der Waals surface area contributed by atoms with Gasteiger partial charge in [-0.15, -0.1) is 0 Å². The molecule has 5 heterocycles. The molecule has 89 heavy (non-hydrogen) atoms. The molecule has 468 valence electrons. The van der Waals surface area contributed by atoms with Crippen molar-refractivity contribution in [2.75, 3.05) is 0 Å². The Labute approximate surface area is 531 Å². The third kappa shape index (κ3) is 13.2. The molecule has 2 aliphatic heterocycles. The summed E-state index contributed by atoms with van der Waals surface area (Å²) in [7, 11) is 0. The third-order valence-corrected chi connectivity index (χ3v) is 17.5. The molecular weight excluding hydrogens is 1100 g/mol. The van der Waals surface area contributed by atoms with Crippen LogP contribution in [0.2, 0.25) is 0 Å². The van der Waals surface area contributed by atoms with E-state index < -0.39 is 23.5 Å². The van der Waals surface area contributed by atoms with E-state index in [2.05, 4.69) is 273 Å². The SMILES string of the molecule is CC(=O)OC1(OC(C)=O)C(=O)c2nc1c(-c1cc(C(C)(C)C)cc(C(C)(C)C)c1)c1ccc([nH]1)c(-c1cc(C(C)(C)C)cc(C(C)(C)C)c1)c1nc(c(-c3cc(C(C)(C)C)cc(C(C)(C)C)c3)c3ccc([nH]3)c2-c2cc(C(C)(C)C)cc(C(C)(C)C)c2)C=C1. The van der Waals surface area contributed by atoms with Gasteiger partial charge >= 0.3 is 17.7 Å². The number of hydrogen-bond donors (Lipinski definition) is 2. The van der Waals surface area contributed by atoms with Gasteiger partial charge in [-0.2, -0.15) is 0 Å². The Kier molecular flexibility index (Phi) is 16.3. The lowest BCUT2D eigenvalue weighted by Crippen LogP contribution is -2.42. The maximum absolute atomic E-state index is 16.8. The van der Waals surface area contributed by atoms with Crippen LogP contribution in [0.15, 0.2) is 97.1 Å². The number of benzene rings is 4. The topological polar surface area (TPSA) is 127 Å². The fourth-order valence-electron chi connectivity index (χ4n) is 11.8. The molecule has 9 heteroatoms. The predicted octanol–water partition coefficient (Wildman–Crippen LogP) is 20.7. The second-order valence-electron chi connectivity index (χ2n) is 33.4. The summed E-state index contributed by atoms with van der Waals surface area (Å²) in [6.45, 7) is 55.6. The largest absolute Gasteiger partial charge is 0.409 e. The highest BCUT2D eigenvalue weighted by Gasteiger charge is 2.57. The average Bonchev–Trinajstić information content (AvgIpc) is 1.59. The first-order chi connectivity index (χ1) is 40.6. The van der Waals surface area contributed by atoms with E-state index in [1.807, 2.05) is 12.1 Å². The van der Waals surface area contributed by atoms with Crippen molar-refractivity contribution in [3.8, 4) is 44.5 Å². The van der Waals surface area contributed by atoms with E-state index in [9.17, 15) is 9.59 Å². The van der Waals surface area contributed by atoms with E-state index in [1.54, 1.807) is 0 Å². The number of H-pyrrole nitrogens is 2. The first-order valence-electron chi connectivity index (χ1n) is 31.7. The number of ether oxygens (including phenoxy) is 2. The van der Waals surface area contributed by atoms with E-state index in [0.29, 0.717) is 33.3 Å². The van der Waals surface area contributed by atoms with Gasteiger partial charge in [-0.25, -0.2) is 9.97 Å². The molecule has 0 saturated heterocycles. The lowest BCUT2D eigenvalue weighted by Gasteiger charge is -2.29. The van der Waals surface area contributed by atoms with Crippen LogP contribution in [-0.4, -0.2) is 37.7 Å². The van der Waals surface area contributed by atoms with Gasteiger partial charge in [0.1, 0.15) is 11.4 Å². The highest BCUT2D eigenvalue weighted by molar-refractivity contribution is 6.13. The van der Waals surface area contributed by atoms with Crippen LogP contribution in [0.3, 0.4) is 0 Å². The van der Waals surface area contributed by atoms with Gasteiger partial charge in [0.25, 0.3) is 5.78 Å². The molecule has 4 aromatic carbocycles. The zero-order chi connectivity index (χ0) is 66.1. The highest BCUT2D eigenvalue weighted by Crippen LogP contribution is 2.49. The van der Waals surface area contributed by atoms with E-state index in [-0.39, 0.29) is 54.7 Å². The summed E-state index contributed by atoms with van der Waals surface area (Å²) in [6.07, 6.45) is 4.27. The molecule has 0 amide bonds. The fraction of sp³-hybridized carbons (Fsp3) is 0.438. The Morgan fingerprint density at radius 3 is 0.843 bits per heavy atom. The fourth-order valence-corrected chi connectivity index (χ4v) is 11.8. The number of nitrogens with one attached hydrogen (secondary N) is 2. The zero-order valence-corrected chi connectivity index (χ0v) is 58.3. The summed E-state index contributed by atoms with van der Waals surface area (Å²) in [5, 5.41) is 0. The lowest BCUT2D eigenvalue weighted by molar-refractivity contribution is -0.211. The monoisotopic (exact) mass is 1190 g/mol. The quantitative estimate of drug-likeness (QED) is 0.125. The van der Waals surface area contributed by atoms with Crippen molar-refractivity contribution in [3.05, 3.63) is 164 Å². The Bertz CT molecular complexity index is 4090. The Morgan fingerprint density at radius 1 is 0.348 bits per heavy atom. The van der Waals surface area contributed by atoms with Gasteiger partial charge in [-0.05, 0) is 146 Å².